The molecule has 3 amide bonds. The highest BCUT2D eigenvalue weighted by Crippen LogP contribution is 2.35. The highest BCUT2D eigenvalue weighted by molar-refractivity contribution is 6.00. The van der Waals surface area contributed by atoms with Crippen molar-refractivity contribution < 1.29 is 23.9 Å². The molecule has 4 rings (SSSR count). The predicted octanol–water partition coefficient (Wildman–Crippen LogP) is 6.46. The number of hydrogen-bond donors (Lipinski definition) is 4. The molecule has 1 aliphatic heterocycles. The molecule has 0 saturated carbocycles. The zero-order chi connectivity index (χ0) is 31.1. The molecule has 43 heavy (non-hydrogen) atoms. The molecule has 9 nitrogen and oxygen atoms in total. The van der Waals surface area contributed by atoms with Crippen LogP contribution in [0.4, 0.5) is 21.9 Å². The lowest BCUT2D eigenvalue weighted by molar-refractivity contribution is -0.121. The third kappa shape index (κ3) is 8.35. The van der Waals surface area contributed by atoms with Crippen molar-refractivity contribution in [1.82, 2.24) is 5.32 Å². The number of esters is 1. The Hall–Kier alpha value is -4.37. The number of anilines is 3. The third-order valence-corrected chi connectivity index (χ3v) is 7.54. The van der Waals surface area contributed by atoms with E-state index in [-0.39, 0.29) is 24.4 Å². The summed E-state index contributed by atoms with van der Waals surface area (Å²) in [4.78, 5) is 37.5. The second-order valence-corrected chi connectivity index (χ2v) is 11.7. The number of methoxy groups -OCH3 is 1. The van der Waals surface area contributed by atoms with E-state index in [1.165, 1.54) is 12.7 Å². The number of rotatable bonds is 12. The van der Waals surface area contributed by atoms with Gasteiger partial charge in [-0.2, -0.15) is 0 Å². The Kier molecular flexibility index (Phi) is 10.1. The van der Waals surface area contributed by atoms with Crippen molar-refractivity contribution in [2.45, 2.75) is 65.1 Å². The summed E-state index contributed by atoms with van der Waals surface area (Å²) in [5.41, 5.74) is 4.99. The molecule has 1 saturated heterocycles. The lowest BCUT2D eigenvalue weighted by Gasteiger charge is -2.28. The van der Waals surface area contributed by atoms with Crippen LogP contribution >= 0.6 is 0 Å². The molecule has 0 bridgehead atoms. The number of epoxide rings is 1. The highest BCUT2D eigenvalue weighted by Gasteiger charge is 2.52. The van der Waals surface area contributed by atoms with Gasteiger partial charge in [-0.15, -0.1) is 0 Å². The molecule has 9 heteroatoms. The maximum Gasteiger partial charge on any atom is 0.337 e. The van der Waals surface area contributed by atoms with Gasteiger partial charge in [0.25, 0.3) is 0 Å². The molecule has 4 N–H and O–H groups in total. The van der Waals surface area contributed by atoms with Gasteiger partial charge in [0.15, 0.2) is 5.72 Å². The van der Waals surface area contributed by atoms with Crippen molar-refractivity contribution in [3.8, 4) is 0 Å². The van der Waals surface area contributed by atoms with Crippen LogP contribution in [0.25, 0.3) is 0 Å². The summed E-state index contributed by atoms with van der Waals surface area (Å²) in [6.07, 6.45) is 0.905. The summed E-state index contributed by atoms with van der Waals surface area (Å²) in [6, 6.07) is 19.5. The summed E-state index contributed by atoms with van der Waals surface area (Å²) in [7, 11) is 1.35. The largest absolute Gasteiger partial charge is 0.465 e. The molecule has 3 aromatic rings. The van der Waals surface area contributed by atoms with E-state index in [2.05, 4.69) is 55.0 Å². The average molecular weight is 587 g/mol. The SMILES string of the molecule is COC(=O)c1ccc(NC2([C@H](CC(C)C)NC(=O)Cc3ccc(NC(=O)Nc4cccc(C(C)C)c4C)cc3)CO2)cc1. The minimum Gasteiger partial charge on any atom is -0.465 e. The quantitative estimate of drug-likeness (QED) is 0.143. The smallest absolute Gasteiger partial charge is 0.337 e. The van der Waals surface area contributed by atoms with Crippen LogP contribution in [0.15, 0.2) is 66.7 Å². The second kappa shape index (κ2) is 13.7. The second-order valence-electron chi connectivity index (χ2n) is 11.7. The first-order chi connectivity index (χ1) is 20.5. The van der Waals surface area contributed by atoms with E-state index in [1.807, 2.05) is 31.2 Å². The standard InChI is InChI=1S/C34H42N4O5/c1-21(2)18-30(34(20-43-34)38-27-16-12-25(13-17-27)32(40)42-6)37-31(39)19-24-10-14-26(15-11-24)35-33(41)36-29-9-7-8-28(22(3)4)23(29)5/h7-17,21-22,30,38H,18-20H2,1-6H3,(H,37,39)(H2,35,36,41)/t30-,34?/m0/s1. The molecule has 0 spiro atoms. The topological polar surface area (TPSA) is 121 Å². The van der Waals surface area contributed by atoms with E-state index in [1.54, 1.807) is 36.4 Å². The molecular weight excluding hydrogens is 544 g/mol. The van der Waals surface area contributed by atoms with Gasteiger partial charge in [-0.1, -0.05) is 52.0 Å². The Bertz CT molecular complexity index is 1430. The van der Waals surface area contributed by atoms with Crippen LogP contribution in [0, 0.1) is 12.8 Å². The van der Waals surface area contributed by atoms with Crippen molar-refractivity contribution in [2.24, 2.45) is 5.92 Å². The summed E-state index contributed by atoms with van der Waals surface area (Å²) < 4.78 is 10.6. The molecule has 1 aliphatic rings. The van der Waals surface area contributed by atoms with E-state index in [0.29, 0.717) is 29.7 Å². The first kappa shape index (κ1) is 31.6. The minimum absolute atomic E-state index is 0.123. The van der Waals surface area contributed by atoms with Gasteiger partial charge in [0.1, 0.15) is 0 Å². The number of carbonyl (C=O) groups excluding carboxylic acids is 3. The fourth-order valence-electron chi connectivity index (χ4n) is 5.16. The molecule has 1 fully saturated rings. The van der Waals surface area contributed by atoms with Gasteiger partial charge in [0.2, 0.25) is 5.91 Å². The molecule has 1 heterocycles. The van der Waals surface area contributed by atoms with E-state index in [9.17, 15) is 14.4 Å². The van der Waals surface area contributed by atoms with Crippen LogP contribution in [-0.4, -0.2) is 43.4 Å². The highest BCUT2D eigenvalue weighted by atomic mass is 16.6. The number of carbonyl (C=O) groups is 3. The fourth-order valence-corrected chi connectivity index (χ4v) is 5.16. The Labute approximate surface area is 253 Å². The van der Waals surface area contributed by atoms with Gasteiger partial charge >= 0.3 is 12.0 Å². The summed E-state index contributed by atoms with van der Waals surface area (Å²) in [5, 5.41) is 12.4. The van der Waals surface area contributed by atoms with Crippen LogP contribution in [0.1, 0.15) is 67.1 Å². The van der Waals surface area contributed by atoms with Crippen molar-refractivity contribution >= 4 is 35.0 Å². The summed E-state index contributed by atoms with van der Waals surface area (Å²) in [6.45, 7) is 10.9. The molecular formula is C34H42N4O5. The van der Waals surface area contributed by atoms with Crippen molar-refractivity contribution in [3.63, 3.8) is 0 Å². The molecule has 0 radical (unpaired) electrons. The zero-order valence-corrected chi connectivity index (χ0v) is 25.7. The van der Waals surface area contributed by atoms with E-state index < -0.39 is 11.7 Å². The summed E-state index contributed by atoms with van der Waals surface area (Å²) >= 11 is 0. The molecule has 0 aliphatic carbocycles. The van der Waals surface area contributed by atoms with Gasteiger partial charge in [0.05, 0.1) is 31.7 Å². The van der Waals surface area contributed by atoms with Gasteiger partial charge in [-0.05, 0) is 84.3 Å². The van der Waals surface area contributed by atoms with E-state index >= 15 is 0 Å². The minimum atomic E-state index is -0.721. The number of ether oxygens (including phenoxy) is 2. The first-order valence-electron chi connectivity index (χ1n) is 14.7. The molecule has 1 unspecified atom stereocenters. The van der Waals surface area contributed by atoms with Crippen LogP contribution in [0.3, 0.4) is 0 Å². The maximum atomic E-state index is 13.1. The molecule has 228 valence electrons. The van der Waals surface area contributed by atoms with Gasteiger partial charge < -0.3 is 30.7 Å². The van der Waals surface area contributed by atoms with Gasteiger partial charge in [-0.3, -0.25) is 4.79 Å². The lowest BCUT2D eigenvalue weighted by atomic mass is 9.96. The zero-order valence-electron chi connectivity index (χ0n) is 25.7. The van der Waals surface area contributed by atoms with Crippen molar-refractivity contribution in [3.05, 3.63) is 89.0 Å². The van der Waals surface area contributed by atoms with Crippen molar-refractivity contribution in [2.75, 3.05) is 29.7 Å². The normalized spacial score (nSPS) is 16.4. The number of urea groups is 1. The number of benzene rings is 3. The van der Waals surface area contributed by atoms with Gasteiger partial charge in [-0.25, -0.2) is 9.59 Å². The van der Waals surface area contributed by atoms with Crippen LogP contribution in [-0.2, 0) is 20.7 Å². The summed E-state index contributed by atoms with van der Waals surface area (Å²) in [5.74, 6) is 0.161. The Balaban J connectivity index is 1.34. The molecule has 2 atom stereocenters. The number of nitrogens with one attached hydrogen (secondary N) is 4. The maximum absolute atomic E-state index is 13.1. The Morgan fingerprint density at radius 3 is 2.14 bits per heavy atom. The molecule has 0 aromatic heterocycles. The van der Waals surface area contributed by atoms with E-state index in [0.717, 1.165) is 28.9 Å². The Morgan fingerprint density at radius 2 is 1.56 bits per heavy atom. The average Bonchev–Trinajstić information content (AvgIpc) is 3.75. The monoisotopic (exact) mass is 586 g/mol. The van der Waals surface area contributed by atoms with Crippen LogP contribution in [0.2, 0.25) is 0 Å². The fraction of sp³-hybridized carbons (Fsp3) is 0.382. The molecule has 3 aromatic carbocycles. The number of hydrogen-bond acceptors (Lipinski definition) is 6. The number of amides is 3. The van der Waals surface area contributed by atoms with E-state index in [4.69, 9.17) is 9.47 Å². The first-order valence-corrected chi connectivity index (χ1v) is 14.7. The predicted molar refractivity (Wildman–Crippen MR) is 170 cm³/mol. The van der Waals surface area contributed by atoms with Crippen LogP contribution in [0.5, 0.6) is 0 Å². The lowest BCUT2D eigenvalue weighted by Crippen LogP contribution is -2.50. The third-order valence-electron chi connectivity index (χ3n) is 7.54. The van der Waals surface area contributed by atoms with Crippen molar-refractivity contribution in [1.29, 1.82) is 0 Å². The Morgan fingerprint density at radius 1 is 0.907 bits per heavy atom. The van der Waals surface area contributed by atoms with Crippen LogP contribution < -0.4 is 21.3 Å². The van der Waals surface area contributed by atoms with Gasteiger partial charge in [0, 0.05) is 17.1 Å².